The third-order valence-electron chi connectivity index (χ3n) is 3.62. The summed E-state index contributed by atoms with van der Waals surface area (Å²) in [6.07, 6.45) is 3.65. The Morgan fingerprint density at radius 1 is 1.17 bits per heavy atom. The summed E-state index contributed by atoms with van der Waals surface area (Å²) in [5.74, 6) is 1.25. The lowest BCUT2D eigenvalue weighted by Crippen LogP contribution is -2.35. The van der Waals surface area contributed by atoms with Gasteiger partial charge in [-0.2, -0.15) is 9.36 Å². The van der Waals surface area contributed by atoms with Crippen molar-refractivity contribution in [3.63, 3.8) is 0 Å². The first-order valence-electron chi connectivity index (χ1n) is 7.04. The number of fused-ring (bicyclic) bond motifs is 1. The highest BCUT2D eigenvalue weighted by Crippen LogP contribution is 2.33. The second-order valence-electron chi connectivity index (χ2n) is 5.05. The van der Waals surface area contributed by atoms with Gasteiger partial charge in [0.25, 0.3) is 0 Å². The zero-order chi connectivity index (χ0) is 15.8. The average molecular weight is 324 g/mol. The summed E-state index contributed by atoms with van der Waals surface area (Å²) < 4.78 is 5.60. The van der Waals surface area contributed by atoms with Crippen molar-refractivity contribution >= 4 is 28.1 Å². The van der Waals surface area contributed by atoms with Gasteiger partial charge < -0.3 is 0 Å². The van der Waals surface area contributed by atoms with Gasteiger partial charge in [0, 0.05) is 17.1 Å². The Kier molecular flexibility index (Phi) is 3.23. The fraction of sp³-hybridized carbons (Fsp3) is 0.133. The Labute approximate surface area is 136 Å². The van der Waals surface area contributed by atoms with E-state index in [9.17, 15) is 0 Å². The molecule has 23 heavy (non-hydrogen) atoms. The van der Waals surface area contributed by atoms with Gasteiger partial charge in [0.2, 0.25) is 0 Å². The summed E-state index contributed by atoms with van der Waals surface area (Å²) in [4.78, 5) is 9.79. The lowest BCUT2D eigenvalue weighted by atomic mass is 10.1. The molecule has 0 saturated heterocycles. The molecule has 4 aromatic rings. The van der Waals surface area contributed by atoms with Crippen LogP contribution >= 0.6 is 11.3 Å². The summed E-state index contributed by atoms with van der Waals surface area (Å²) >= 11 is 1.57. The van der Waals surface area contributed by atoms with E-state index >= 15 is 0 Å². The summed E-state index contributed by atoms with van der Waals surface area (Å²) in [6.45, 7) is 0. The summed E-state index contributed by atoms with van der Waals surface area (Å²) in [5, 5.41) is 10.7. The van der Waals surface area contributed by atoms with Crippen LogP contribution < -0.4 is 4.68 Å². The van der Waals surface area contributed by atoms with Crippen LogP contribution in [0.25, 0.3) is 16.2 Å². The molecule has 0 aliphatic rings. The number of benzene rings is 1. The monoisotopic (exact) mass is 324 g/mol. The van der Waals surface area contributed by atoms with Gasteiger partial charge in [0.1, 0.15) is 12.7 Å². The van der Waals surface area contributed by atoms with Crippen LogP contribution in [0.2, 0.25) is 0 Å². The van der Waals surface area contributed by atoms with Crippen LogP contribution in [-0.2, 0) is 14.1 Å². The van der Waals surface area contributed by atoms with Crippen molar-refractivity contribution in [2.75, 3.05) is 0 Å². The van der Waals surface area contributed by atoms with Gasteiger partial charge in [-0.3, -0.25) is 4.40 Å². The molecule has 0 fully saturated rings. The number of aromatic nitrogens is 5. The first-order valence-corrected chi connectivity index (χ1v) is 7.92. The average Bonchev–Trinajstić information content (AvgIpc) is 3.24. The fourth-order valence-electron chi connectivity index (χ4n) is 2.28. The van der Waals surface area contributed by atoms with Crippen LogP contribution in [0, 0.1) is 0 Å². The van der Waals surface area contributed by atoms with E-state index in [-0.39, 0.29) is 0 Å². The van der Waals surface area contributed by atoms with Crippen molar-refractivity contribution < 1.29 is 4.68 Å². The highest BCUT2D eigenvalue weighted by Gasteiger charge is 2.16. The smallest absolute Gasteiger partial charge is 0.273 e. The van der Waals surface area contributed by atoms with Gasteiger partial charge in [0.05, 0.1) is 7.05 Å². The standard InChI is InChI=1S/C15H14N7S/c1-20-10-16-14(21(20)2)19-18-13-12(11-6-4-3-5-7-11)17-15-22(13)8-9-23-15/h3-10H,1-2H3/q+1. The molecule has 7 nitrogen and oxygen atoms in total. The molecule has 0 atom stereocenters. The molecule has 0 aliphatic carbocycles. The predicted molar refractivity (Wildman–Crippen MR) is 87.1 cm³/mol. The Morgan fingerprint density at radius 3 is 2.74 bits per heavy atom. The molecule has 0 radical (unpaired) electrons. The van der Waals surface area contributed by atoms with E-state index in [2.05, 4.69) is 20.2 Å². The summed E-state index contributed by atoms with van der Waals surface area (Å²) in [5.41, 5.74) is 1.84. The van der Waals surface area contributed by atoms with Crippen molar-refractivity contribution in [3.8, 4) is 11.3 Å². The minimum absolute atomic E-state index is 0.539. The van der Waals surface area contributed by atoms with Gasteiger partial charge in [0.15, 0.2) is 10.8 Å². The minimum atomic E-state index is 0.539. The lowest BCUT2D eigenvalue weighted by molar-refractivity contribution is -0.751. The van der Waals surface area contributed by atoms with Crippen molar-refractivity contribution in [2.24, 2.45) is 24.3 Å². The topological polar surface area (TPSA) is 63.7 Å². The van der Waals surface area contributed by atoms with Crippen LogP contribution in [0.3, 0.4) is 0 Å². The molecule has 0 unspecified atom stereocenters. The molecule has 0 N–H and O–H groups in total. The highest BCUT2D eigenvalue weighted by atomic mass is 32.1. The molecular weight excluding hydrogens is 310 g/mol. The molecule has 0 amide bonds. The van der Waals surface area contributed by atoms with Crippen LogP contribution in [0.4, 0.5) is 11.8 Å². The molecule has 0 bridgehead atoms. The first-order chi connectivity index (χ1) is 11.2. The zero-order valence-electron chi connectivity index (χ0n) is 12.7. The number of hydrogen-bond donors (Lipinski definition) is 0. The van der Waals surface area contributed by atoms with Crippen LogP contribution in [0.5, 0.6) is 0 Å². The van der Waals surface area contributed by atoms with Gasteiger partial charge in [-0.1, -0.05) is 35.4 Å². The molecule has 3 heterocycles. The molecule has 0 saturated carbocycles. The quantitative estimate of drug-likeness (QED) is 0.429. The highest BCUT2D eigenvalue weighted by molar-refractivity contribution is 7.15. The normalized spacial score (nSPS) is 11.7. The molecule has 4 rings (SSSR count). The minimum Gasteiger partial charge on any atom is -0.273 e. The number of thiazole rings is 1. The van der Waals surface area contributed by atoms with Gasteiger partial charge in [-0.05, 0) is 4.98 Å². The first kappa shape index (κ1) is 13.8. The molecule has 8 heteroatoms. The third kappa shape index (κ3) is 2.33. The predicted octanol–water partition coefficient (Wildman–Crippen LogP) is 3.04. The van der Waals surface area contributed by atoms with Gasteiger partial charge in [-0.25, -0.2) is 4.98 Å². The SMILES string of the molecule is Cn1c(/N=N/c2c(-c3ccccc3)nc3sccn23)nc[n+]1C. The Bertz CT molecular complexity index is 994. The van der Waals surface area contributed by atoms with E-state index in [0.29, 0.717) is 11.8 Å². The van der Waals surface area contributed by atoms with Crippen molar-refractivity contribution in [1.29, 1.82) is 0 Å². The number of hydrogen-bond acceptors (Lipinski definition) is 5. The largest absolute Gasteiger partial charge is 0.394 e. The summed E-state index contributed by atoms with van der Waals surface area (Å²) in [7, 11) is 3.79. The number of imidazole rings is 1. The third-order valence-corrected chi connectivity index (χ3v) is 4.38. The van der Waals surface area contributed by atoms with Crippen molar-refractivity contribution in [2.45, 2.75) is 0 Å². The van der Waals surface area contributed by atoms with Crippen molar-refractivity contribution in [1.82, 2.24) is 19.1 Å². The van der Waals surface area contributed by atoms with E-state index in [4.69, 9.17) is 0 Å². The number of azo groups is 1. The molecule has 0 spiro atoms. The van der Waals surface area contributed by atoms with Crippen molar-refractivity contribution in [3.05, 3.63) is 48.2 Å². The van der Waals surface area contributed by atoms with Gasteiger partial charge in [-0.15, -0.1) is 16.5 Å². The maximum Gasteiger partial charge on any atom is 0.394 e. The number of rotatable bonds is 3. The van der Waals surface area contributed by atoms with Gasteiger partial charge >= 0.3 is 12.3 Å². The Hall–Kier alpha value is -2.87. The van der Waals surface area contributed by atoms with E-state index in [1.54, 1.807) is 17.7 Å². The number of aryl methyl sites for hydroxylation is 1. The van der Waals surface area contributed by atoms with E-state index < -0.39 is 0 Å². The Balaban J connectivity index is 1.85. The molecule has 3 aromatic heterocycles. The maximum atomic E-state index is 4.68. The second kappa shape index (κ2) is 5.40. The summed E-state index contributed by atoms with van der Waals surface area (Å²) in [6, 6.07) is 10.0. The molecule has 1 aromatic carbocycles. The molecular formula is C15H14N7S+. The molecule has 114 valence electrons. The number of nitrogens with zero attached hydrogens (tertiary/aromatic N) is 7. The van der Waals surface area contributed by atoms with E-state index in [1.165, 1.54) is 0 Å². The van der Waals surface area contributed by atoms with E-state index in [0.717, 1.165) is 16.2 Å². The van der Waals surface area contributed by atoms with E-state index in [1.807, 2.05) is 69.8 Å². The van der Waals surface area contributed by atoms with Crippen LogP contribution in [-0.4, -0.2) is 19.1 Å². The second-order valence-corrected chi connectivity index (χ2v) is 5.92. The molecule has 0 aliphatic heterocycles. The zero-order valence-corrected chi connectivity index (χ0v) is 13.5. The fourth-order valence-corrected chi connectivity index (χ4v) is 2.99. The van der Waals surface area contributed by atoms with Crippen LogP contribution in [0.1, 0.15) is 0 Å². The Morgan fingerprint density at radius 2 is 2.00 bits per heavy atom. The lowest BCUT2D eigenvalue weighted by Gasteiger charge is -1.97. The maximum absolute atomic E-state index is 4.68. The van der Waals surface area contributed by atoms with Crippen LogP contribution in [0.15, 0.2) is 58.5 Å².